The Balaban J connectivity index is 4.23. The van der Waals surface area contributed by atoms with Crippen LogP contribution in [0.5, 0.6) is 0 Å². The summed E-state index contributed by atoms with van der Waals surface area (Å²) in [6.07, 6.45) is 2.37. The van der Waals surface area contributed by atoms with Gasteiger partial charge >= 0.3 is 5.97 Å². The van der Waals surface area contributed by atoms with Crippen molar-refractivity contribution < 1.29 is 9.53 Å². The Bertz CT molecular complexity index is 206. The van der Waals surface area contributed by atoms with Crippen LogP contribution in [-0.2, 0) is 9.53 Å². The van der Waals surface area contributed by atoms with Gasteiger partial charge in [0.25, 0.3) is 0 Å². The smallest absolute Gasteiger partial charge is 0.313 e. The lowest BCUT2D eigenvalue weighted by atomic mass is 9.82. The fourth-order valence-electron chi connectivity index (χ4n) is 1.51. The highest BCUT2D eigenvalue weighted by Crippen LogP contribution is 2.27. The molecule has 3 nitrogen and oxygen atoms in total. The first-order valence-electron chi connectivity index (χ1n) is 6.18. The van der Waals surface area contributed by atoms with Gasteiger partial charge in [-0.05, 0) is 24.7 Å². The molecule has 2 N–H and O–H groups in total. The van der Waals surface area contributed by atoms with Crippen molar-refractivity contribution in [2.75, 3.05) is 13.2 Å². The molecular formula is C13H27NO2. The molecule has 3 heteroatoms. The van der Waals surface area contributed by atoms with Crippen molar-refractivity contribution in [2.24, 2.45) is 16.6 Å². The van der Waals surface area contributed by atoms with E-state index in [4.69, 9.17) is 10.5 Å². The molecule has 0 aromatic carbocycles. The minimum Gasteiger partial charge on any atom is -0.465 e. The van der Waals surface area contributed by atoms with Crippen molar-refractivity contribution in [3.05, 3.63) is 0 Å². The number of esters is 1. The third-order valence-electron chi connectivity index (χ3n) is 3.26. The number of rotatable bonds is 6. The van der Waals surface area contributed by atoms with Gasteiger partial charge in [0, 0.05) is 6.54 Å². The minimum absolute atomic E-state index is 0.135. The second-order valence-electron chi connectivity index (χ2n) is 5.64. The fourth-order valence-corrected chi connectivity index (χ4v) is 1.51. The molecule has 0 saturated heterocycles. The van der Waals surface area contributed by atoms with E-state index in [1.54, 1.807) is 0 Å². The molecule has 0 aromatic heterocycles. The molecule has 0 aliphatic carbocycles. The van der Waals surface area contributed by atoms with Gasteiger partial charge in [-0.25, -0.2) is 0 Å². The zero-order valence-corrected chi connectivity index (χ0v) is 11.4. The number of hydrogen-bond donors (Lipinski definition) is 1. The van der Waals surface area contributed by atoms with Gasteiger partial charge in [0.2, 0.25) is 0 Å². The summed E-state index contributed by atoms with van der Waals surface area (Å²) in [6, 6.07) is 0. The summed E-state index contributed by atoms with van der Waals surface area (Å²) < 4.78 is 5.34. The van der Waals surface area contributed by atoms with E-state index in [2.05, 4.69) is 20.8 Å². The van der Waals surface area contributed by atoms with Gasteiger partial charge in [0.05, 0.1) is 12.0 Å². The van der Waals surface area contributed by atoms with E-state index in [0.717, 1.165) is 19.3 Å². The van der Waals surface area contributed by atoms with Crippen LogP contribution in [0.25, 0.3) is 0 Å². The highest BCUT2D eigenvalue weighted by atomic mass is 16.5. The van der Waals surface area contributed by atoms with Crippen LogP contribution in [0.2, 0.25) is 0 Å². The summed E-state index contributed by atoms with van der Waals surface area (Å²) in [5.74, 6) is -0.135. The van der Waals surface area contributed by atoms with E-state index in [-0.39, 0.29) is 11.4 Å². The molecule has 0 heterocycles. The van der Waals surface area contributed by atoms with E-state index < -0.39 is 5.41 Å². The second-order valence-corrected chi connectivity index (χ2v) is 5.64. The molecule has 0 saturated carbocycles. The van der Waals surface area contributed by atoms with Gasteiger partial charge in [-0.15, -0.1) is 0 Å². The van der Waals surface area contributed by atoms with Crippen LogP contribution in [0.15, 0.2) is 0 Å². The van der Waals surface area contributed by atoms with Crippen LogP contribution in [-0.4, -0.2) is 19.1 Å². The highest BCUT2D eigenvalue weighted by Gasteiger charge is 2.35. The molecular weight excluding hydrogens is 202 g/mol. The SMILES string of the molecule is CCC(CC)(CN)C(=O)OCCC(C)(C)C. The summed E-state index contributed by atoms with van der Waals surface area (Å²) in [5.41, 5.74) is 5.41. The quantitative estimate of drug-likeness (QED) is 0.712. The molecule has 0 aromatic rings. The molecule has 16 heavy (non-hydrogen) atoms. The van der Waals surface area contributed by atoms with Gasteiger partial charge in [-0.1, -0.05) is 34.6 Å². The Morgan fingerprint density at radius 2 is 1.69 bits per heavy atom. The monoisotopic (exact) mass is 229 g/mol. The van der Waals surface area contributed by atoms with Crippen molar-refractivity contribution in [1.82, 2.24) is 0 Å². The third-order valence-corrected chi connectivity index (χ3v) is 3.26. The van der Waals surface area contributed by atoms with Gasteiger partial charge in [0.1, 0.15) is 0 Å². The van der Waals surface area contributed by atoms with Crippen molar-refractivity contribution in [3.8, 4) is 0 Å². The summed E-state index contributed by atoms with van der Waals surface area (Å²) >= 11 is 0. The van der Waals surface area contributed by atoms with E-state index >= 15 is 0 Å². The number of ether oxygens (including phenoxy) is 1. The van der Waals surface area contributed by atoms with E-state index in [1.165, 1.54) is 0 Å². The topological polar surface area (TPSA) is 52.3 Å². The number of hydrogen-bond acceptors (Lipinski definition) is 3. The third kappa shape index (κ3) is 4.52. The molecule has 0 radical (unpaired) electrons. The first kappa shape index (κ1) is 15.4. The Morgan fingerprint density at radius 1 is 1.19 bits per heavy atom. The zero-order valence-electron chi connectivity index (χ0n) is 11.4. The van der Waals surface area contributed by atoms with Crippen LogP contribution < -0.4 is 5.73 Å². The van der Waals surface area contributed by atoms with Gasteiger partial charge in [-0.2, -0.15) is 0 Å². The van der Waals surface area contributed by atoms with Gasteiger partial charge in [-0.3, -0.25) is 4.79 Å². The van der Waals surface area contributed by atoms with Gasteiger partial charge < -0.3 is 10.5 Å². The second kappa shape index (κ2) is 6.24. The predicted octanol–water partition coefficient (Wildman–Crippen LogP) is 2.73. The van der Waals surface area contributed by atoms with Crippen molar-refractivity contribution in [2.45, 2.75) is 53.9 Å². The standard InChI is InChI=1S/C13H27NO2/c1-6-13(7-2,10-14)11(15)16-9-8-12(3,4)5/h6-10,14H2,1-5H3. The number of carbonyl (C=O) groups excluding carboxylic acids is 1. The van der Waals surface area contributed by atoms with Crippen LogP contribution in [0.3, 0.4) is 0 Å². The molecule has 0 aliphatic rings. The molecule has 96 valence electrons. The maximum atomic E-state index is 11.9. The Labute approximate surface area is 99.7 Å². The average Bonchev–Trinajstić information content (AvgIpc) is 2.19. The van der Waals surface area contributed by atoms with Crippen LogP contribution in [0.4, 0.5) is 0 Å². The average molecular weight is 229 g/mol. The Hall–Kier alpha value is -0.570. The highest BCUT2D eigenvalue weighted by molar-refractivity contribution is 5.77. The number of carbonyl (C=O) groups is 1. The largest absolute Gasteiger partial charge is 0.465 e. The minimum atomic E-state index is -0.474. The van der Waals surface area contributed by atoms with E-state index in [0.29, 0.717) is 13.2 Å². The predicted molar refractivity (Wildman–Crippen MR) is 67.1 cm³/mol. The number of nitrogens with two attached hydrogens (primary N) is 1. The molecule has 0 aliphatic heterocycles. The van der Waals surface area contributed by atoms with Crippen LogP contribution >= 0.6 is 0 Å². The fraction of sp³-hybridized carbons (Fsp3) is 0.923. The Morgan fingerprint density at radius 3 is 2.00 bits per heavy atom. The lowest BCUT2D eigenvalue weighted by molar-refractivity contribution is -0.156. The van der Waals surface area contributed by atoms with Crippen molar-refractivity contribution in [3.63, 3.8) is 0 Å². The lowest BCUT2D eigenvalue weighted by Crippen LogP contribution is -2.39. The van der Waals surface area contributed by atoms with Crippen molar-refractivity contribution >= 4 is 5.97 Å². The molecule has 0 fully saturated rings. The van der Waals surface area contributed by atoms with Crippen molar-refractivity contribution in [1.29, 1.82) is 0 Å². The molecule has 0 amide bonds. The molecule has 0 atom stereocenters. The first-order valence-corrected chi connectivity index (χ1v) is 6.18. The van der Waals surface area contributed by atoms with Crippen LogP contribution in [0.1, 0.15) is 53.9 Å². The summed E-state index contributed by atoms with van der Waals surface area (Å²) in [7, 11) is 0. The molecule has 0 bridgehead atoms. The normalized spacial score (nSPS) is 12.6. The van der Waals surface area contributed by atoms with Gasteiger partial charge in [0.15, 0.2) is 0 Å². The van der Waals surface area contributed by atoms with Crippen LogP contribution in [0, 0.1) is 10.8 Å². The van der Waals surface area contributed by atoms with E-state index in [1.807, 2.05) is 13.8 Å². The van der Waals surface area contributed by atoms with E-state index in [9.17, 15) is 4.79 Å². The molecule has 0 unspecified atom stereocenters. The molecule has 0 spiro atoms. The first-order chi connectivity index (χ1) is 7.31. The summed E-state index contributed by atoms with van der Waals surface area (Å²) in [5, 5.41) is 0. The lowest BCUT2D eigenvalue weighted by Gasteiger charge is -2.28. The maximum absolute atomic E-state index is 11.9. The summed E-state index contributed by atoms with van der Waals surface area (Å²) in [6.45, 7) is 11.2. The molecule has 0 rings (SSSR count). The Kier molecular flexibility index (Phi) is 6.01. The zero-order chi connectivity index (χ0) is 12.8. The summed E-state index contributed by atoms with van der Waals surface area (Å²) in [4.78, 5) is 11.9. The maximum Gasteiger partial charge on any atom is 0.313 e.